The summed E-state index contributed by atoms with van der Waals surface area (Å²) in [5.74, 6) is 0.446. The molecule has 23 heavy (non-hydrogen) atoms. The van der Waals surface area contributed by atoms with Crippen LogP contribution in [0.25, 0.3) is 0 Å². The van der Waals surface area contributed by atoms with Gasteiger partial charge >= 0.3 is 0 Å². The molecule has 0 saturated carbocycles. The van der Waals surface area contributed by atoms with E-state index < -0.39 is 0 Å². The zero-order valence-electron chi connectivity index (χ0n) is 14.3. The van der Waals surface area contributed by atoms with E-state index in [2.05, 4.69) is 81.1 Å². The third kappa shape index (κ3) is 5.69. The number of benzene rings is 2. The lowest BCUT2D eigenvalue weighted by Gasteiger charge is -2.27. The van der Waals surface area contributed by atoms with E-state index in [1.54, 1.807) is 0 Å². The number of aryl methyl sites for hydroxylation is 1. The van der Waals surface area contributed by atoms with Crippen LogP contribution < -0.4 is 0 Å². The Labute approximate surface area is 141 Å². The second-order valence-electron chi connectivity index (χ2n) is 6.38. The Balaban J connectivity index is 2.02. The predicted molar refractivity (Wildman–Crippen MR) is 98.5 cm³/mol. The second kappa shape index (κ2) is 9.32. The second-order valence-corrected chi connectivity index (χ2v) is 6.38. The first-order valence-corrected chi connectivity index (χ1v) is 8.56. The molecule has 0 heterocycles. The summed E-state index contributed by atoms with van der Waals surface area (Å²) in [6.45, 7) is 8.34. The van der Waals surface area contributed by atoms with E-state index in [1.165, 1.54) is 11.1 Å². The van der Waals surface area contributed by atoms with Gasteiger partial charge in [0.1, 0.15) is 0 Å². The summed E-state index contributed by atoms with van der Waals surface area (Å²) in [6.07, 6.45) is 5.27. The van der Waals surface area contributed by atoms with Crippen molar-refractivity contribution in [1.82, 2.24) is 0 Å². The molecular formula is C22H28O. The fourth-order valence-corrected chi connectivity index (χ4v) is 2.87. The van der Waals surface area contributed by atoms with Crippen molar-refractivity contribution in [1.29, 1.82) is 0 Å². The van der Waals surface area contributed by atoms with Crippen LogP contribution in [0.3, 0.4) is 0 Å². The molecular weight excluding hydrogens is 280 g/mol. The van der Waals surface area contributed by atoms with Crippen LogP contribution in [0.4, 0.5) is 0 Å². The Bertz CT molecular complexity index is 559. The minimum absolute atomic E-state index is 0.136. The highest BCUT2D eigenvalue weighted by Gasteiger charge is 2.20. The van der Waals surface area contributed by atoms with Crippen molar-refractivity contribution in [2.75, 3.05) is 0 Å². The van der Waals surface area contributed by atoms with Crippen molar-refractivity contribution in [2.45, 2.75) is 45.3 Å². The molecule has 0 fully saturated rings. The first-order valence-electron chi connectivity index (χ1n) is 8.56. The maximum atomic E-state index is 6.49. The molecule has 0 N–H and O–H groups in total. The van der Waals surface area contributed by atoms with Crippen LogP contribution in [0.2, 0.25) is 0 Å². The molecule has 0 spiro atoms. The van der Waals surface area contributed by atoms with E-state index in [-0.39, 0.29) is 12.2 Å². The maximum Gasteiger partial charge on any atom is 0.0851 e. The third-order valence-corrected chi connectivity index (χ3v) is 4.10. The molecule has 0 aliphatic heterocycles. The zero-order valence-corrected chi connectivity index (χ0v) is 14.3. The summed E-state index contributed by atoms with van der Waals surface area (Å²) in [5, 5.41) is 0. The smallest absolute Gasteiger partial charge is 0.0851 e. The van der Waals surface area contributed by atoms with Crippen LogP contribution in [0.5, 0.6) is 0 Å². The topological polar surface area (TPSA) is 9.23 Å². The summed E-state index contributed by atoms with van der Waals surface area (Å²) in [4.78, 5) is 0. The predicted octanol–water partition coefficient (Wildman–Crippen LogP) is 5.98. The quantitative estimate of drug-likeness (QED) is 0.518. The molecule has 2 aromatic carbocycles. The highest BCUT2D eigenvalue weighted by atomic mass is 16.5. The molecule has 0 aliphatic rings. The van der Waals surface area contributed by atoms with E-state index >= 15 is 0 Å². The monoisotopic (exact) mass is 308 g/mol. The lowest BCUT2D eigenvalue weighted by Crippen LogP contribution is -2.21. The lowest BCUT2D eigenvalue weighted by atomic mass is 9.97. The molecule has 0 saturated heterocycles. The minimum atomic E-state index is 0.136. The Kier molecular flexibility index (Phi) is 7.09. The van der Waals surface area contributed by atoms with Crippen molar-refractivity contribution in [3.05, 3.63) is 84.4 Å². The largest absolute Gasteiger partial charge is 0.370 e. The van der Waals surface area contributed by atoms with Crippen molar-refractivity contribution in [2.24, 2.45) is 5.92 Å². The molecule has 2 rings (SSSR count). The van der Waals surface area contributed by atoms with Crippen LogP contribution in [0, 0.1) is 5.92 Å². The average Bonchev–Trinajstić information content (AvgIpc) is 2.58. The van der Waals surface area contributed by atoms with Gasteiger partial charge in [-0.15, -0.1) is 6.58 Å². The standard InChI is InChI=1S/C22H28O/c1-4-11-21(17-16-19-12-7-5-8-13-19)23-22(18(2)3)20-14-9-6-10-15-20/h4-10,12-15,18,21-22H,1,11,16-17H2,2-3H3/t21-,22-/m1/s1. The van der Waals surface area contributed by atoms with Gasteiger partial charge in [-0.1, -0.05) is 80.6 Å². The van der Waals surface area contributed by atoms with Crippen molar-refractivity contribution < 1.29 is 4.74 Å². The third-order valence-electron chi connectivity index (χ3n) is 4.10. The van der Waals surface area contributed by atoms with Crippen molar-refractivity contribution in [3.8, 4) is 0 Å². The van der Waals surface area contributed by atoms with Crippen molar-refractivity contribution in [3.63, 3.8) is 0 Å². The normalized spacial score (nSPS) is 13.7. The number of hydrogen-bond donors (Lipinski definition) is 0. The summed E-state index contributed by atoms with van der Waals surface area (Å²) in [5.41, 5.74) is 2.63. The number of rotatable bonds is 9. The molecule has 2 aromatic rings. The van der Waals surface area contributed by atoms with E-state index in [9.17, 15) is 0 Å². The van der Waals surface area contributed by atoms with Gasteiger partial charge in [-0.3, -0.25) is 0 Å². The SMILES string of the molecule is C=CC[C@H](CCc1ccccc1)O[C@@H](c1ccccc1)C(C)C. The summed E-state index contributed by atoms with van der Waals surface area (Å²) >= 11 is 0. The van der Waals surface area contributed by atoms with Gasteiger partial charge in [-0.05, 0) is 36.3 Å². The molecule has 0 radical (unpaired) electrons. The first-order chi connectivity index (χ1) is 11.2. The molecule has 1 nitrogen and oxygen atoms in total. The summed E-state index contributed by atoms with van der Waals surface area (Å²) in [6, 6.07) is 21.2. The maximum absolute atomic E-state index is 6.49. The van der Waals surface area contributed by atoms with E-state index in [4.69, 9.17) is 4.74 Å². The van der Waals surface area contributed by atoms with Gasteiger partial charge in [-0.2, -0.15) is 0 Å². The fraction of sp³-hybridized carbons (Fsp3) is 0.364. The van der Waals surface area contributed by atoms with Gasteiger partial charge in [0.2, 0.25) is 0 Å². The molecule has 0 aromatic heterocycles. The number of ether oxygens (including phenoxy) is 1. The first kappa shape index (κ1) is 17.5. The molecule has 2 atom stereocenters. The average molecular weight is 308 g/mol. The van der Waals surface area contributed by atoms with Crippen LogP contribution in [-0.4, -0.2) is 6.10 Å². The van der Waals surface area contributed by atoms with E-state index in [0.29, 0.717) is 5.92 Å². The molecule has 0 amide bonds. The van der Waals surface area contributed by atoms with Crippen LogP contribution in [0.15, 0.2) is 73.3 Å². The minimum Gasteiger partial charge on any atom is -0.370 e. The van der Waals surface area contributed by atoms with Gasteiger partial charge in [0.15, 0.2) is 0 Å². The van der Waals surface area contributed by atoms with Gasteiger partial charge < -0.3 is 4.74 Å². The van der Waals surface area contributed by atoms with Gasteiger partial charge in [0.25, 0.3) is 0 Å². The molecule has 0 bridgehead atoms. The zero-order chi connectivity index (χ0) is 16.5. The Morgan fingerprint density at radius 3 is 2.13 bits per heavy atom. The van der Waals surface area contributed by atoms with Crippen LogP contribution >= 0.6 is 0 Å². The summed E-state index contributed by atoms with van der Waals surface area (Å²) in [7, 11) is 0. The highest BCUT2D eigenvalue weighted by Crippen LogP contribution is 2.29. The Morgan fingerprint density at radius 1 is 0.957 bits per heavy atom. The van der Waals surface area contributed by atoms with E-state index in [1.807, 2.05) is 6.08 Å². The Morgan fingerprint density at radius 2 is 1.57 bits per heavy atom. The van der Waals surface area contributed by atoms with Crippen LogP contribution in [0.1, 0.15) is 43.9 Å². The Hall–Kier alpha value is -1.86. The van der Waals surface area contributed by atoms with E-state index in [0.717, 1.165) is 19.3 Å². The van der Waals surface area contributed by atoms with Gasteiger partial charge in [0.05, 0.1) is 12.2 Å². The fourth-order valence-electron chi connectivity index (χ4n) is 2.87. The molecule has 0 aliphatic carbocycles. The highest BCUT2D eigenvalue weighted by molar-refractivity contribution is 5.18. The van der Waals surface area contributed by atoms with Gasteiger partial charge in [0, 0.05) is 0 Å². The molecule has 1 heteroatoms. The van der Waals surface area contributed by atoms with Crippen LogP contribution in [-0.2, 0) is 11.2 Å². The van der Waals surface area contributed by atoms with Crippen molar-refractivity contribution >= 4 is 0 Å². The molecule has 0 unspecified atom stereocenters. The molecule has 122 valence electrons. The number of hydrogen-bond acceptors (Lipinski definition) is 1. The lowest BCUT2D eigenvalue weighted by molar-refractivity contribution is -0.0396. The summed E-state index contributed by atoms with van der Waals surface area (Å²) < 4.78 is 6.49. The van der Waals surface area contributed by atoms with Gasteiger partial charge in [-0.25, -0.2) is 0 Å².